The number of nitrogens with zero attached hydrogens (tertiary/aromatic N) is 1. The third-order valence-corrected chi connectivity index (χ3v) is 5.91. The van der Waals surface area contributed by atoms with E-state index in [1.165, 1.54) is 29.0 Å². The fraction of sp³-hybridized carbons (Fsp3) is 0.292. The van der Waals surface area contributed by atoms with Gasteiger partial charge in [0.1, 0.15) is 11.5 Å². The van der Waals surface area contributed by atoms with Gasteiger partial charge >= 0.3 is 5.69 Å². The van der Waals surface area contributed by atoms with Crippen molar-refractivity contribution in [3.05, 3.63) is 92.1 Å². The molecule has 0 fully saturated rings. The lowest BCUT2D eigenvalue weighted by atomic mass is 10.2. The van der Waals surface area contributed by atoms with Crippen molar-refractivity contribution in [3.63, 3.8) is 0 Å². The van der Waals surface area contributed by atoms with Crippen LogP contribution in [0.1, 0.15) is 16.7 Å². The van der Waals surface area contributed by atoms with Gasteiger partial charge in [-0.2, -0.15) is 0 Å². The van der Waals surface area contributed by atoms with Gasteiger partial charge in [0.2, 0.25) is 5.91 Å². The smallest absolute Gasteiger partial charge is 0.330 e. The number of aryl methyl sites for hydroxylation is 1. The molecule has 33 heavy (non-hydrogen) atoms. The first-order valence-electron chi connectivity index (χ1n) is 10.5. The number of amides is 1. The van der Waals surface area contributed by atoms with E-state index < -0.39 is 11.2 Å². The molecule has 3 aromatic rings. The summed E-state index contributed by atoms with van der Waals surface area (Å²) in [6, 6.07) is 17.7. The molecule has 0 saturated carbocycles. The molecule has 3 rings (SSSR count). The number of anilines is 2. The quantitative estimate of drug-likeness (QED) is 0.400. The molecule has 1 amide bonds. The van der Waals surface area contributed by atoms with Crippen molar-refractivity contribution in [1.29, 1.82) is 0 Å². The van der Waals surface area contributed by atoms with Gasteiger partial charge in [-0.3, -0.25) is 19.1 Å². The predicted octanol–water partition coefficient (Wildman–Crippen LogP) is 2.98. The zero-order valence-electron chi connectivity index (χ0n) is 18.7. The minimum atomic E-state index is -0.607. The Bertz CT molecular complexity index is 1170. The van der Waals surface area contributed by atoms with Crippen molar-refractivity contribution >= 4 is 29.2 Å². The fourth-order valence-electron chi connectivity index (χ4n) is 3.16. The van der Waals surface area contributed by atoms with Crippen LogP contribution < -0.4 is 21.9 Å². The zero-order chi connectivity index (χ0) is 23.6. The van der Waals surface area contributed by atoms with E-state index in [1.807, 2.05) is 61.5 Å². The molecule has 0 radical (unpaired) electrons. The van der Waals surface area contributed by atoms with Crippen LogP contribution in [0, 0.1) is 6.92 Å². The number of rotatable bonds is 11. The number of carbonyl (C=O) groups excluding carboxylic acids is 1. The maximum atomic E-state index is 12.7. The van der Waals surface area contributed by atoms with Gasteiger partial charge in [0.15, 0.2) is 0 Å². The largest absolute Gasteiger partial charge is 0.383 e. The topological polar surface area (TPSA) is 105 Å². The van der Waals surface area contributed by atoms with E-state index in [-0.39, 0.29) is 36.3 Å². The Morgan fingerprint density at radius 1 is 1.06 bits per heavy atom. The van der Waals surface area contributed by atoms with Crippen molar-refractivity contribution in [2.75, 3.05) is 30.1 Å². The van der Waals surface area contributed by atoms with E-state index in [0.717, 1.165) is 11.1 Å². The second-order valence-electron chi connectivity index (χ2n) is 7.49. The van der Waals surface area contributed by atoms with Crippen LogP contribution in [0.2, 0.25) is 0 Å². The Kier molecular flexibility index (Phi) is 8.91. The third kappa shape index (κ3) is 7.10. The molecule has 2 aromatic carbocycles. The van der Waals surface area contributed by atoms with Gasteiger partial charge in [-0.1, -0.05) is 60.2 Å². The van der Waals surface area contributed by atoms with Crippen LogP contribution in [0.15, 0.2) is 64.2 Å². The van der Waals surface area contributed by atoms with Crippen molar-refractivity contribution in [3.8, 4) is 0 Å². The molecule has 0 spiro atoms. The monoisotopic (exact) mass is 468 g/mol. The van der Waals surface area contributed by atoms with E-state index in [0.29, 0.717) is 12.3 Å². The Labute approximate surface area is 196 Å². The molecule has 174 valence electrons. The highest BCUT2D eigenvalue weighted by atomic mass is 32.2. The van der Waals surface area contributed by atoms with Gasteiger partial charge in [-0.25, -0.2) is 4.79 Å². The number of methoxy groups -OCH3 is 1. The summed E-state index contributed by atoms with van der Waals surface area (Å²) in [7, 11) is 1.52. The Morgan fingerprint density at radius 2 is 1.79 bits per heavy atom. The molecule has 9 heteroatoms. The highest BCUT2D eigenvalue weighted by Gasteiger charge is 2.17. The lowest BCUT2D eigenvalue weighted by molar-refractivity contribution is -0.113. The maximum absolute atomic E-state index is 12.7. The van der Waals surface area contributed by atoms with Crippen LogP contribution in [0.5, 0.6) is 0 Å². The normalized spacial score (nSPS) is 10.7. The van der Waals surface area contributed by atoms with Crippen molar-refractivity contribution in [2.24, 2.45) is 0 Å². The van der Waals surface area contributed by atoms with Gasteiger partial charge in [-0.15, -0.1) is 11.8 Å². The maximum Gasteiger partial charge on any atom is 0.330 e. The minimum absolute atomic E-state index is 0.131. The Balaban J connectivity index is 1.77. The number of carbonyl (C=O) groups is 1. The average molecular weight is 469 g/mol. The van der Waals surface area contributed by atoms with Crippen LogP contribution in [-0.4, -0.2) is 34.9 Å². The Morgan fingerprint density at radius 3 is 2.48 bits per heavy atom. The van der Waals surface area contributed by atoms with Crippen LogP contribution >= 0.6 is 11.8 Å². The molecule has 3 N–H and O–H groups in total. The molecule has 8 nitrogen and oxygen atoms in total. The third-order valence-electron chi connectivity index (χ3n) is 4.91. The van der Waals surface area contributed by atoms with Crippen LogP contribution in [0.3, 0.4) is 0 Å². The van der Waals surface area contributed by atoms with Crippen molar-refractivity contribution in [1.82, 2.24) is 9.55 Å². The summed E-state index contributed by atoms with van der Waals surface area (Å²) in [6.07, 6.45) is 0. The molecule has 0 bridgehead atoms. The summed E-state index contributed by atoms with van der Waals surface area (Å²) in [5.74, 6) is 0.694. The molecule has 0 aliphatic rings. The predicted molar refractivity (Wildman–Crippen MR) is 133 cm³/mol. The summed E-state index contributed by atoms with van der Waals surface area (Å²) in [6.45, 7) is 2.81. The lowest BCUT2D eigenvalue weighted by Gasteiger charge is -2.17. The van der Waals surface area contributed by atoms with E-state index >= 15 is 0 Å². The van der Waals surface area contributed by atoms with Gasteiger partial charge in [0.05, 0.1) is 18.9 Å². The standard InChI is InChI=1S/C24H28N4O4S/c1-17-8-10-19(11-9-17)15-33-16-20(29)26-22-21(25-14-18-6-4-3-5-7-18)23(30)27-24(31)28(22)12-13-32-2/h3-11,25H,12-16H2,1-2H3,(H,26,29)(H,27,30,31). The van der Waals surface area contributed by atoms with Gasteiger partial charge in [0.25, 0.3) is 5.56 Å². The number of aromatic amines is 1. The lowest BCUT2D eigenvalue weighted by Crippen LogP contribution is -2.36. The SMILES string of the molecule is COCCn1c(NC(=O)CSCc2ccc(C)cc2)c(NCc2ccccc2)c(=O)[nH]c1=O. The Hall–Kier alpha value is -3.30. The number of ether oxygens (including phenoxy) is 1. The van der Waals surface area contributed by atoms with E-state index in [2.05, 4.69) is 15.6 Å². The molecule has 0 unspecified atom stereocenters. The average Bonchev–Trinajstić information content (AvgIpc) is 2.80. The van der Waals surface area contributed by atoms with Gasteiger partial charge in [0, 0.05) is 19.4 Å². The summed E-state index contributed by atoms with van der Waals surface area (Å²) in [4.78, 5) is 40.1. The second-order valence-corrected chi connectivity index (χ2v) is 8.48. The van der Waals surface area contributed by atoms with Crippen molar-refractivity contribution in [2.45, 2.75) is 25.8 Å². The highest BCUT2D eigenvalue weighted by Crippen LogP contribution is 2.18. The first-order valence-corrected chi connectivity index (χ1v) is 11.7. The highest BCUT2D eigenvalue weighted by molar-refractivity contribution is 7.99. The molecule has 0 saturated heterocycles. The number of hydrogen-bond donors (Lipinski definition) is 3. The number of thioether (sulfide) groups is 1. The summed E-state index contributed by atoms with van der Waals surface area (Å²) in [5.41, 5.74) is 2.19. The first-order chi connectivity index (χ1) is 16.0. The van der Waals surface area contributed by atoms with E-state index in [1.54, 1.807) is 0 Å². The molecular weight excluding hydrogens is 440 g/mol. The number of aromatic nitrogens is 2. The zero-order valence-corrected chi connectivity index (χ0v) is 19.5. The second kappa shape index (κ2) is 12.1. The van der Waals surface area contributed by atoms with Crippen LogP contribution in [-0.2, 0) is 28.4 Å². The van der Waals surface area contributed by atoms with Crippen LogP contribution in [0.25, 0.3) is 0 Å². The summed E-state index contributed by atoms with van der Waals surface area (Å²) >= 11 is 1.46. The molecule has 0 aliphatic heterocycles. The fourth-order valence-corrected chi connectivity index (χ4v) is 3.95. The molecule has 1 heterocycles. The van der Waals surface area contributed by atoms with E-state index in [9.17, 15) is 14.4 Å². The minimum Gasteiger partial charge on any atom is -0.383 e. The number of nitrogens with one attached hydrogen (secondary N) is 3. The first kappa shape index (κ1) is 24.3. The molecular formula is C24H28N4O4S. The van der Waals surface area contributed by atoms with Crippen molar-refractivity contribution < 1.29 is 9.53 Å². The van der Waals surface area contributed by atoms with E-state index in [4.69, 9.17) is 4.74 Å². The van der Waals surface area contributed by atoms with Crippen LogP contribution in [0.4, 0.5) is 11.5 Å². The molecule has 0 aliphatic carbocycles. The number of H-pyrrole nitrogens is 1. The van der Waals surface area contributed by atoms with Gasteiger partial charge < -0.3 is 15.4 Å². The summed E-state index contributed by atoms with van der Waals surface area (Å²) < 4.78 is 6.40. The van der Waals surface area contributed by atoms with Gasteiger partial charge in [-0.05, 0) is 18.1 Å². The molecule has 1 aromatic heterocycles. The summed E-state index contributed by atoms with van der Waals surface area (Å²) in [5, 5.41) is 5.84. The number of benzene rings is 2. The molecule has 0 atom stereocenters. The number of hydrogen-bond acceptors (Lipinski definition) is 6.